The van der Waals surface area contributed by atoms with Crippen LogP contribution in [0, 0.1) is 16.7 Å². The van der Waals surface area contributed by atoms with E-state index in [1.54, 1.807) is 0 Å². The molecule has 3 heteroatoms. The van der Waals surface area contributed by atoms with Gasteiger partial charge < -0.3 is 10.0 Å². The third-order valence-electron chi connectivity index (χ3n) is 5.65. The Morgan fingerprint density at radius 3 is 2.21 bits per heavy atom. The molecule has 2 fully saturated rings. The zero-order chi connectivity index (χ0) is 14.3. The van der Waals surface area contributed by atoms with Gasteiger partial charge in [-0.05, 0) is 56.5 Å². The molecule has 1 saturated carbocycles. The van der Waals surface area contributed by atoms with E-state index in [4.69, 9.17) is 0 Å². The predicted molar refractivity (Wildman–Crippen MR) is 77.1 cm³/mol. The Kier molecular flexibility index (Phi) is 3.97. The van der Waals surface area contributed by atoms with Gasteiger partial charge >= 0.3 is 5.97 Å². The highest BCUT2D eigenvalue weighted by Crippen LogP contribution is 2.45. The van der Waals surface area contributed by atoms with Crippen LogP contribution in [0.5, 0.6) is 0 Å². The molecule has 0 amide bonds. The number of rotatable bonds is 3. The Morgan fingerprint density at radius 2 is 1.84 bits per heavy atom. The normalized spacial score (nSPS) is 34.3. The molecule has 0 bridgehead atoms. The van der Waals surface area contributed by atoms with Crippen LogP contribution >= 0.6 is 0 Å². The van der Waals surface area contributed by atoms with Gasteiger partial charge in [0, 0.05) is 6.04 Å². The monoisotopic (exact) mass is 267 g/mol. The second kappa shape index (κ2) is 5.08. The van der Waals surface area contributed by atoms with E-state index in [1.807, 2.05) is 6.92 Å². The summed E-state index contributed by atoms with van der Waals surface area (Å²) < 4.78 is 0. The van der Waals surface area contributed by atoms with Gasteiger partial charge in [0.1, 0.15) is 0 Å². The van der Waals surface area contributed by atoms with Crippen LogP contribution in [-0.2, 0) is 4.79 Å². The molecule has 1 aliphatic heterocycles. The van der Waals surface area contributed by atoms with Crippen LogP contribution in [0.1, 0.15) is 59.8 Å². The van der Waals surface area contributed by atoms with Crippen molar-refractivity contribution in [2.24, 2.45) is 16.7 Å². The van der Waals surface area contributed by atoms with E-state index >= 15 is 0 Å². The first kappa shape index (κ1) is 14.8. The van der Waals surface area contributed by atoms with Crippen LogP contribution in [0.25, 0.3) is 0 Å². The van der Waals surface area contributed by atoms with E-state index in [0.29, 0.717) is 11.5 Å². The van der Waals surface area contributed by atoms with Crippen LogP contribution in [0.3, 0.4) is 0 Å². The van der Waals surface area contributed by atoms with Gasteiger partial charge in [0.15, 0.2) is 0 Å². The third kappa shape index (κ3) is 2.81. The van der Waals surface area contributed by atoms with Crippen LogP contribution in [0.4, 0.5) is 0 Å². The van der Waals surface area contributed by atoms with Crippen molar-refractivity contribution in [2.75, 3.05) is 13.1 Å². The summed E-state index contributed by atoms with van der Waals surface area (Å²) >= 11 is 0. The van der Waals surface area contributed by atoms with Gasteiger partial charge in [-0.15, -0.1) is 0 Å². The lowest BCUT2D eigenvalue weighted by Gasteiger charge is -2.42. The average Bonchev–Trinajstić information content (AvgIpc) is 2.62. The lowest BCUT2D eigenvalue weighted by molar-refractivity contribution is -0.152. The molecule has 2 unspecified atom stereocenters. The first-order valence-corrected chi connectivity index (χ1v) is 7.77. The fourth-order valence-corrected chi connectivity index (χ4v) is 4.35. The number of carbonyl (C=O) groups is 1. The molecule has 19 heavy (non-hydrogen) atoms. The summed E-state index contributed by atoms with van der Waals surface area (Å²) in [7, 11) is 0. The first-order valence-electron chi connectivity index (χ1n) is 7.77. The minimum absolute atomic E-state index is 0.451. The van der Waals surface area contributed by atoms with E-state index in [0.717, 1.165) is 38.3 Å². The topological polar surface area (TPSA) is 40.5 Å². The number of nitrogens with zero attached hydrogens (tertiary/aromatic N) is 1. The zero-order valence-electron chi connectivity index (χ0n) is 12.9. The second-order valence-corrected chi connectivity index (χ2v) is 7.59. The molecular formula is C16H29NO2. The quantitative estimate of drug-likeness (QED) is 0.852. The molecule has 3 nitrogen and oxygen atoms in total. The fraction of sp³-hybridized carbons (Fsp3) is 0.938. The second-order valence-electron chi connectivity index (χ2n) is 7.59. The minimum atomic E-state index is -0.588. The standard InChI is InChI=1S/C16H29NO2/c1-5-16(14(18)19)6-8-17(9-7-16)13-11-15(3,4)10-12(13)2/h12-13H,5-11H2,1-4H3,(H,18,19). The van der Waals surface area contributed by atoms with Gasteiger partial charge in [-0.25, -0.2) is 0 Å². The van der Waals surface area contributed by atoms with E-state index < -0.39 is 11.4 Å². The van der Waals surface area contributed by atoms with Crippen LogP contribution in [0.15, 0.2) is 0 Å². The molecule has 2 aliphatic rings. The molecule has 1 N–H and O–H groups in total. The first-order chi connectivity index (χ1) is 8.80. The molecule has 0 aromatic rings. The van der Waals surface area contributed by atoms with Crippen molar-refractivity contribution < 1.29 is 9.90 Å². The van der Waals surface area contributed by atoms with Crippen LogP contribution in [0.2, 0.25) is 0 Å². The third-order valence-corrected chi connectivity index (χ3v) is 5.65. The number of hydrogen-bond donors (Lipinski definition) is 1. The molecule has 0 aromatic heterocycles. The summed E-state index contributed by atoms with van der Waals surface area (Å²) in [6, 6.07) is 0.665. The van der Waals surface area contributed by atoms with Gasteiger partial charge in [-0.3, -0.25) is 4.79 Å². The Balaban J connectivity index is 1.99. The van der Waals surface area contributed by atoms with Gasteiger partial charge in [0.25, 0.3) is 0 Å². The highest BCUT2D eigenvalue weighted by atomic mass is 16.4. The maximum Gasteiger partial charge on any atom is 0.309 e. The maximum absolute atomic E-state index is 11.5. The fourth-order valence-electron chi connectivity index (χ4n) is 4.35. The van der Waals surface area contributed by atoms with Gasteiger partial charge in [0.05, 0.1) is 5.41 Å². The number of likely N-dealkylation sites (tertiary alicyclic amines) is 1. The smallest absolute Gasteiger partial charge is 0.309 e. The van der Waals surface area contributed by atoms with E-state index in [9.17, 15) is 9.90 Å². The Morgan fingerprint density at radius 1 is 1.26 bits per heavy atom. The van der Waals surface area contributed by atoms with Crippen molar-refractivity contribution in [2.45, 2.75) is 65.8 Å². The summed E-state index contributed by atoms with van der Waals surface area (Å²) in [6.45, 7) is 11.0. The summed E-state index contributed by atoms with van der Waals surface area (Å²) in [5, 5.41) is 9.46. The highest BCUT2D eigenvalue weighted by Gasteiger charge is 2.45. The SMILES string of the molecule is CCC1(C(=O)O)CCN(C2CC(C)(C)CC2C)CC1. The van der Waals surface area contributed by atoms with Crippen LogP contribution < -0.4 is 0 Å². The summed E-state index contributed by atoms with van der Waals surface area (Å²) in [5.74, 6) is 0.156. The van der Waals surface area contributed by atoms with Crippen molar-refractivity contribution in [3.8, 4) is 0 Å². The Labute approximate surface area is 117 Å². The molecule has 0 radical (unpaired) electrons. The van der Waals surface area contributed by atoms with E-state index in [2.05, 4.69) is 25.7 Å². The Hall–Kier alpha value is -0.570. The van der Waals surface area contributed by atoms with Crippen molar-refractivity contribution in [3.05, 3.63) is 0 Å². The lowest BCUT2D eigenvalue weighted by atomic mass is 9.75. The van der Waals surface area contributed by atoms with E-state index in [1.165, 1.54) is 12.8 Å². The highest BCUT2D eigenvalue weighted by molar-refractivity contribution is 5.74. The number of aliphatic carboxylic acids is 1. The van der Waals surface area contributed by atoms with Crippen molar-refractivity contribution in [1.29, 1.82) is 0 Å². The molecule has 110 valence electrons. The largest absolute Gasteiger partial charge is 0.481 e. The van der Waals surface area contributed by atoms with Crippen molar-refractivity contribution in [3.63, 3.8) is 0 Å². The molecular weight excluding hydrogens is 238 g/mol. The molecule has 1 aliphatic carbocycles. The van der Waals surface area contributed by atoms with Crippen molar-refractivity contribution >= 4 is 5.97 Å². The van der Waals surface area contributed by atoms with Gasteiger partial charge in [-0.2, -0.15) is 0 Å². The summed E-state index contributed by atoms with van der Waals surface area (Å²) in [6.07, 6.45) is 4.97. The van der Waals surface area contributed by atoms with Crippen LogP contribution in [-0.4, -0.2) is 35.1 Å². The van der Waals surface area contributed by atoms with Gasteiger partial charge in [0.2, 0.25) is 0 Å². The number of hydrogen-bond acceptors (Lipinski definition) is 2. The molecule has 2 atom stereocenters. The number of carboxylic acids is 1. The molecule has 0 aromatic carbocycles. The summed E-state index contributed by atoms with van der Waals surface area (Å²) in [5.41, 5.74) is 0.00400. The van der Waals surface area contributed by atoms with Crippen molar-refractivity contribution in [1.82, 2.24) is 4.90 Å². The molecule has 2 rings (SSSR count). The number of piperidine rings is 1. The summed E-state index contributed by atoms with van der Waals surface area (Å²) in [4.78, 5) is 14.0. The minimum Gasteiger partial charge on any atom is -0.481 e. The van der Waals surface area contributed by atoms with E-state index in [-0.39, 0.29) is 0 Å². The molecule has 1 saturated heterocycles. The zero-order valence-corrected chi connectivity index (χ0v) is 12.9. The Bertz CT molecular complexity index is 343. The predicted octanol–water partition coefficient (Wildman–Crippen LogP) is 3.39. The number of carboxylic acid groups (broad SMARTS) is 1. The molecule has 0 spiro atoms. The average molecular weight is 267 g/mol. The molecule has 1 heterocycles. The van der Waals surface area contributed by atoms with Gasteiger partial charge in [-0.1, -0.05) is 27.7 Å². The maximum atomic E-state index is 11.5. The lowest BCUT2D eigenvalue weighted by Crippen LogP contribution is -2.48.